The first-order valence-corrected chi connectivity index (χ1v) is 6.42. The number of Topliss-reactive ketones (excluding diaryl/α,β-unsaturated/α-hetero) is 1. The van der Waals surface area contributed by atoms with E-state index in [0.717, 1.165) is 0 Å². The molecule has 1 N–H and O–H groups in total. The summed E-state index contributed by atoms with van der Waals surface area (Å²) in [5.41, 5.74) is 0.358. The minimum atomic E-state index is -0.498. The molecular weight excluding hydrogens is 305 g/mol. The van der Waals surface area contributed by atoms with Crippen LogP contribution in [0.15, 0.2) is 22.7 Å². The van der Waals surface area contributed by atoms with Gasteiger partial charge in [0.05, 0.1) is 16.6 Å². The van der Waals surface area contributed by atoms with Gasteiger partial charge in [-0.15, -0.1) is 0 Å². The van der Waals surface area contributed by atoms with Crippen LogP contribution >= 0.6 is 27.5 Å². The van der Waals surface area contributed by atoms with Crippen LogP contribution in [0.3, 0.4) is 0 Å². The van der Waals surface area contributed by atoms with Gasteiger partial charge in [-0.3, -0.25) is 9.59 Å². The zero-order valence-corrected chi connectivity index (χ0v) is 11.9. The molecule has 0 saturated heterocycles. The molecule has 0 saturated carbocycles. The van der Waals surface area contributed by atoms with Gasteiger partial charge >= 0.3 is 0 Å². The topological polar surface area (TPSA) is 46.2 Å². The van der Waals surface area contributed by atoms with Crippen LogP contribution < -0.4 is 5.32 Å². The second-order valence-corrected chi connectivity index (χ2v) is 4.85. The summed E-state index contributed by atoms with van der Waals surface area (Å²) in [6.45, 7) is 3.42. The first-order valence-electron chi connectivity index (χ1n) is 5.25. The van der Waals surface area contributed by atoms with Crippen molar-refractivity contribution >= 4 is 39.2 Å². The maximum absolute atomic E-state index is 11.9. The Morgan fingerprint density at radius 2 is 2.12 bits per heavy atom. The summed E-state index contributed by atoms with van der Waals surface area (Å²) in [6, 6.07) is 4.59. The van der Waals surface area contributed by atoms with Crippen LogP contribution in [-0.2, 0) is 4.79 Å². The summed E-state index contributed by atoms with van der Waals surface area (Å²) in [5, 5.41) is 2.97. The Bertz CT molecular complexity index is 448. The second kappa shape index (κ2) is 6.17. The Labute approximate surface area is 114 Å². The molecule has 1 aromatic rings. The molecule has 17 heavy (non-hydrogen) atoms. The van der Waals surface area contributed by atoms with Gasteiger partial charge < -0.3 is 5.32 Å². The van der Waals surface area contributed by atoms with Gasteiger partial charge in [0.15, 0.2) is 5.78 Å². The van der Waals surface area contributed by atoms with E-state index in [2.05, 4.69) is 21.2 Å². The van der Waals surface area contributed by atoms with Crippen molar-refractivity contribution < 1.29 is 9.59 Å². The fourth-order valence-electron chi connectivity index (χ4n) is 1.34. The number of rotatable bonds is 4. The predicted molar refractivity (Wildman–Crippen MR) is 71.4 cm³/mol. The third-order valence-electron chi connectivity index (χ3n) is 2.38. The van der Waals surface area contributed by atoms with Gasteiger partial charge in [0.2, 0.25) is 0 Å². The van der Waals surface area contributed by atoms with E-state index in [-0.39, 0.29) is 11.7 Å². The van der Waals surface area contributed by atoms with Crippen molar-refractivity contribution in [1.82, 2.24) is 5.32 Å². The summed E-state index contributed by atoms with van der Waals surface area (Å²) >= 11 is 9.24. The zero-order valence-electron chi connectivity index (χ0n) is 9.59. The van der Waals surface area contributed by atoms with Crippen LogP contribution in [0.25, 0.3) is 0 Å². The van der Waals surface area contributed by atoms with Crippen molar-refractivity contribution in [2.45, 2.75) is 26.3 Å². The molecule has 0 aliphatic carbocycles. The van der Waals surface area contributed by atoms with Crippen molar-refractivity contribution in [3.05, 3.63) is 33.3 Å². The van der Waals surface area contributed by atoms with Gasteiger partial charge in [0, 0.05) is 10.9 Å². The number of amides is 1. The maximum atomic E-state index is 11.9. The third-order valence-corrected chi connectivity index (χ3v) is 3.67. The van der Waals surface area contributed by atoms with Crippen LogP contribution in [0.4, 0.5) is 0 Å². The van der Waals surface area contributed by atoms with Gasteiger partial charge in [0.25, 0.3) is 5.91 Å². The van der Waals surface area contributed by atoms with Crippen molar-refractivity contribution in [3.8, 4) is 0 Å². The smallest absolute Gasteiger partial charge is 0.253 e. The lowest BCUT2D eigenvalue weighted by Gasteiger charge is -2.12. The van der Waals surface area contributed by atoms with Crippen molar-refractivity contribution in [3.63, 3.8) is 0 Å². The second-order valence-electron chi connectivity index (χ2n) is 3.62. The largest absolute Gasteiger partial charge is 0.342 e. The van der Waals surface area contributed by atoms with Crippen molar-refractivity contribution in [2.24, 2.45) is 0 Å². The van der Waals surface area contributed by atoms with Gasteiger partial charge in [-0.2, -0.15) is 0 Å². The van der Waals surface area contributed by atoms with Crippen LogP contribution in [0, 0.1) is 0 Å². The molecule has 92 valence electrons. The van der Waals surface area contributed by atoms with Crippen molar-refractivity contribution in [1.29, 1.82) is 0 Å². The molecule has 1 rings (SSSR count). The third kappa shape index (κ3) is 3.54. The SMILES string of the molecule is CCC(=O)C(C)NC(=O)c1cccc(Br)c1Cl. The maximum Gasteiger partial charge on any atom is 0.253 e. The number of hydrogen-bond donors (Lipinski definition) is 1. The molecule has 0 bridgehead atoms. The number of nitrogens with one attached hydrogen (secondary N) is 1. The van der Waals surface area contributed by atoms with E-state index < -0.39 is 6.04 Å². The first-order chi connectivity index (χ1) is 7.97. The lowest BCUT2D eigenvalue weighted by Crippen LogP contribution is -2.38. The Kier molecular flexibility index (Phi) is 5.15. The van der Waals surface area contributed by atoms with Crippen LogP contribution in [-0.4, -0.2) is 17.7 Å². The van der Waals surface area contributed by atoms with Gasteiger partial charge in [-0.25, -0.2) is 0 Å². The predicted octanol–water partition coefficient (Wildman–Crippen LogP) is 3.20. The van der Waals surface area contributed by atoms with Crippen LogP contribution in [0.5, 0.6) is 0 Å². The number of halogens is 2. The lowest BCUT2D eigenvalue weighted by molar-refractivity contribution is -0.120. The molecule has 0 aliphatic rings. The molecule has 0 heterocycles. The summed E-state index contributed by atoms with van der Waals surface area (Å²) < 4.78 is 0.654. The number of hydrogen-bond acceptors (Lipinski definition) is 2. The van der Waals surface area contributed by atoms with E-state index in [1.54, 1.807) is 32.0 Å². The number of carbonyl (C=O) groups is 2. The lowest BCUT2D eigenvalue weighted by atomic mass is 10.1. The van der Waals surface area contributed by atoms with Gasteiger partial charge in [-0.1, -0.05) is 24.6 Å². The van der Waals surface area contributed by atoms with E-state index >= 15 is 0 Å². The van der Waals surface area contributed by atoms with E-state index in [1.165, 1.54) is 0 Å². The molecule has 3 nitrogen and oxygen atoms in total. The molecule has 1 unspecified atom stereocenters. The average Bonchev–Trinajstić information content (AvgIpc) is 2.31. The zero-order chi connectivity index (χ0) is 13.0. The van der Waals surface area contributed by atoms with E-state index in [9.17, 15) is 9.59 Å². The number of benzene rings is 1. The quantitative estimate of drug-likeness (QED) is 0.926. The molecule has 1 aromatic carbocycles. The first kappa shape index (κ1) is 14.2. The average molecular weight is 319 g/mol. The summed E-state index contributed by atoms with van der Waals surface area (Å²) in [7, 11) is 0. The Hall–Kier alpha value is -0.870. The molecule has 0 radical (unpaired) electrons. The summed E-state index contributed by atoms with van der Waals surface area (Å²) in [4.78, 5) is 23.3. The van der Waals surface area contributed by atoms with Crippen LogP contribution in [0.2, 0.25) is 5.02 Å². The number of ketones is 1. The van der Waals surface area contributed by atoms with Crippen LogP contribution in [0.1, 0.15) is 30.6 Å². The molecular formula is C12H13BrClNO2. The molecule has 1 amide bonds. The highest BCUT2D eigenvalue weighted by atomic mass is 79.9. The van der Waals surface area contributed by atoms with Gasteiger partial charge in [0.1, 0.15) is 0 Å². The Morgan fingerprint density at radius 3 is 2.71 bits per heavy atom. The Balaban J connectivity index is 2.84. The highest BCUT2D eigenvalue weighted by molar-refractivity contribution is 9.10. The summed E-state index contributed by atoms with van der Waals surface area (Å²) in [5.74, 6) is -0.352. The fourth-order valence-corrected chi connectivity index (χ4v) is 1.92. The minimum Gasteiger partial charge on any atom is -0.342 e. The minimum absolute atomic E-state index is 0.00975. The molecule has 5 heteroatoms. The molecule has 1 atom stereocenters. The highest BCUT2D eigenvalue weighted by Crippen LogP contribution is 2.25. The molecule has 0 aliphatic heterocycles. The van der Waals surface area contributed by atoms with E-state index in [0.29, 0.717) is 21.5 Å². The molecule has 0 spiro atoms. The molecule has 0 fully saturated rings. The monoisotopic (exact) mass is 317 g/mol. The highest BCUT2D eigenvalue weighted by Gasteiger charge is 2.17. The Morgan fingerprint density at radius 1 is 1.47 bits per heavy atom. The van der Waals surface area contributed by atoms with E-state index in [4.69, 9.17) is 11.6 Å². The van der Waals surface area contributed by atoms with Gasteiger partial charge in [-0.05, 0) is 35.0 Å². The standard InChI is InChI=1S/C12H13BrClNO2/c1-3-10(16)7(2)15-12(17)8-5-4-6-9(13)11(8)14/h4-7H,3H2,1-2H3,(H,15,17). The molecule has 0 aromatic heterocycles. The fraction of sp³-hybridized carbons (Fsp3) is 0.333. The van der Waals surface area contributed by atoms with Crippen molar-refractivity contribution in [2.75, 3.05) is 0 Å². The normalized spacial score (nSPS) is 12.0. The number of carbonyl (C=O) groups excluding carboxylic acids is 2. The summed E-state index contributed by atoms with van der Waals surface area (Å²) in [6.07, 6.45) is 0.396. The van der Waals surface area contributed by atoms with E-state index in [1.807, 2.05) is 0 Å².